The van der Waals surface area contributed by atoms with Crippen LogP contribution < -0.4 is 4.72 Å². The molecule has 110 valence electrons. The Morgan fingerprint density at radius 2 is 1.76 bits per heavy atom. The van der Waals surface area contributed by atoms with E-state index >= 15 is 0 Å². The van der Waals surface area contributed by atoms with Crippen molar-refractivity contribution >= 4 is 37.6 Å². The van der Waals surface area contributed by atoms with Crippen molar-refractivity contribution in [2.24, 2.45) is 0 Å². The van der Waals surface area contributed by atoms with Crippen LogP contribution in [0.3, 0.4) is 0 Å². The van der Waals surface area contributed by atoms with Gasteiger partial charge in [0.15, 0.2) is 0 Å². The lowest BCUT2D eigenvalue weighted by molar-refractivity contribution is 0.559. The molecule has 0 spiro atoms. The van der Waals surface area contributed by atoms with Gasteiger partial charge in [-0.25, -0.2) is 13.1 Å². The largest absolute Gasteiger partial charge is 0.242 e. The summed E-state index contributed by atoms with van der Waals surface area (Å²) >= 11 is 9.57. The molecule has 2 unspecified atom stereocenters. The molecule has 3 rings (SSSR count). The van der Waals surface area contributed by atoms with Gasteiger partial charge < -0.3 is 0 Å². The molecular weight excluding hydrogens is 374 g/mol. The van der Waals surface area contributed by atoms with E-state index in [-0.39, 0.29) is 20.8 Å². The number of sulfonamides is 1. The molecule has 2 atom stereocenters. The van der Waals surface area contributed by atoms with E-state index in [1.165, 1.54) is 6.07 Å². The Bertz CT molecular complexity index is 779. The Hall–Kier alpha value is -0.880. The van der Waals surface area contributed by atoms with Crippen LogP contribution >= 0.6 is 27.5 Å². The number of hydrogen-bond acceptors (Lipinski definition) is 2. The molecule has 0 bridgehead atoms. The van der Waals surface area contributed by atoms with Gasteiger partial charge in [0.1, 0.15) is 4.90 Å². The van der Waals surface area contributed by atoms with Gasteiger partial charge in [-0.1, -0.05) is 63.9 Å². The molecule has 0 aromatic heterocycles. The lowest BCUT2D eigenvalue weighted by Gasteiger charge is -2.18. The van der Waals surface area contributed by atoms with E-state index in [1.54, 1.807) is 18.2 Å². The first kappa shape index (κ1) is 15.0. The van der Waals surface area contributed by atoms with Crippen molar-refractivity contribution in [1.29, 1.82) is 0 Å². The molecular formula is C15H13BrClNO2S. The normalized spacial score (nSPS) is 21.2. The topological polar surface area (TPSA) is 46.2 Å². The second kappa shape index (κ2) is 5.72. The maximum atomic E-state index is 12.5. The fraction of sp³-hybridized carbons (Fsp3) is 0.200. The van der Waals surface area contributed by atoms with Crippen LogP contribution in [0.15, 0.2) is 53.4 Å². The van der Waals surface area contributed by atoms with Gasteiger partial charge in [0, 0.05) is 4.83 Å². The van der Waals surface area contributed by atoms with Crippen LogP contribution in [0.5, 0.6) is 0 Å². The molecule has 3 nitrogen and oxygen atoms in total. The highest BCUT2D eigenvalue weighted by atomic mass is 79.9. The van der Waals surface area contributed by atoms with Crippen molar-refractivity contribution in [2.75, 3.05) is 0 Å². The minimum atomic E-state index is -3.66. The molecule has 0 heterocycles. The first-order valence-corrected chi connectivity index (χ1v) is 9.25. The Morgan fingerprint density at radius 3 is 2.52 bits per heavy atom. The molecule has 0 radical (unpaired) electrons. The average Bonchev–Trinajstić information content (AvgIpc) is 2.75. The minimum Gasteiger partial charge on any atom is -0.207 e. The van der Waals surface area contributed by atoms with Gasteiger partial charge in [0.05, 0.1) is 11.1 Å². The molecule has 2 aromatic rings. The van der Waals surface area contributed by atoms with Crippen molar-refractivity contribution in [3.8, 4) is 0 Å². The summed E-state index contributed by atoms with van der Waals surface area (Å²) in [7, 11) is -3.66. The molecule has 0 saturated heterocycles. The van der Waals surface area contributed by atoms with E-state index in [0.29, 0.717) is 0 Å². The van der Waals surface area contributed by atoms with Gasteiger partial charge in [-0.2, -0.15) is 0 Å². The van der Waals surface area contributed by atoms with Gasteiger partial charge in [-0.05, 0) is 29.7 Å². The molecule has 1 N–H and O–H groups in total. The molecule has 1 aliphatic carbocycles. The molecule has 0 saturated carbocycles. The summed E-state index contributed by atoms with van der Waals surface area (Å²) in [6, 6.07) is 14.0. The summed E-state index contributed by atoms with van der Waals surface area (Å²) in [5.41, 5.74) is 2.17. The Kier molecular flexibility index (Phi) is 4.10. The predicted octanol–water partition coefficient (Wildman–Crippen LogP) is 3.68. The van der Waals surface area contributed by atoms with E-state index in [0.717, 1.165) is 17.5 Å². The highest BCUT2D eigenvalue weighted by molar-refractivity contribution is 9.09. The van der Waals surface area contributed by atoms with Gasteiger partial charge in [-0.3, -0.25) is 0 Å². The number of halogens is 2. The quantitative estimate of drug-likeness (QED) is 0.818. The molecule has 1 aliphatic rings. The molecule has 0 amide bonds. The Balaban J connectivity index is 1.95. The SMILES string of the molecule is O=S(=O)(NC1c2ccccc2CC1Br)c1ccccc1Cl. The number of rotatable bonds is 3. The van der Waals surface area contributed by atoms with E-state index in [4.69, 9.17) is 11.6 Å². The summed E-state index contributed by atoms with van der Waals surface area (Å²) in [6.07, 6.45) is 0.798. The van der Waals surface area contributed by atoms with Crippen molar-refractivity contribution in [3.63, 3.8) is 0 Å². The standard InChI is InChI=1S/C15H13BrClNO2S/c16-12-9-10-5-1-2-6-11(10)15(12)18-21(19,20)14-8-4-3-7-13(14)17/h1-8,12,15,18H,9H2. The summed E-state index contributed by atoms with van der Waals surface area (Å²) in [6.45, 7) is 0. The molecule has 21 heavy (non-hydrogen) atoms. The van der Waals surface area contributed by atoms with Crippen LogP contribution in [-0.2, 0) is 16.4 Å². The maximum absolute atomic E-state index is 12.5. The Labute approximate surface area is 137 Å². The van der Waals surface area contributed by atoms with E-state index in [9.17, 15) is 8.42 Å². The second-order valence-electron chi connectivity index (χ2n) is 4.95. The predicted molar refractivity (Wildman–Crippen MR) is 87.4 cm³/mol. The lowest BCUT2D eigenvalue weighted by Crippen LogP contribution is -2.31. The molecule has 0 fully saturated rings. The summed E-state index contributed by atoms with van der Waals surface area (Å²) < 4.78 is 27.9. The summed E-state index contributed by atoms with van der Waals surface area (Å²) in [4.78, 5) is 0.142. The summed E-state index contributed by atoms with van der Waals surface area (Å²) in [5.74, 6) is 0. The van der Waals surface area contributed by atoms with Crippen LogP contribution in [-0.4, -0.2) is 13.2 Å². The maximum Gasteiger partial charge on any atom is 0.242 e. The smallest absolute Gasteiger partial charge is 0.207 e. The number of nitrogens with one attached hydrogen (secondary N) is 1. The highest BCUT2D eigenvalue weighted by Gasteiger charge is 2.34. The van der Waals surface area contributed by atoms with Crippen LogP contribution in [0, 0.1) is 0 Å². The zero-order valence-electron chi connectivity index (χ0n) is 11.0. The van der Waals surface area contributed by atoms with E-state index in [1.807, 2.05) is 24.3 Å². The van der Waals surface area contributed by atoms with Gasteiger partial charge in [0.25, 0.3) is 0 Å². The average molecular weight is 387 g/mol. The molecule has 0 aliphatic heterocycles. The third-order valence-corrected chi connectivity index (χ3v) is 6.37. The first-order chi connectivity index (χ1) is 9.99. The third kappa shape index (κ3) is 2.88. The minimum absolute atomic E-state index is 0.0344. The highest BCUT2D eigenvalue weighted by Crippen LogP contribution is 2.37. The van der Waals surface area contributed by atoms with Crippen molar-refractivity contribution in [1.82, 2.24) is 4.72 Å². The van der Waals surface area contributed by atoms with Gasteiger partial charge >= 0.3 is 0 Å². The van der Waals surface area contributed by atoms with Gasteiger partial charge in [0.2, 0.25) is 10.0 Å². The van der Waals surface area contributed by atoms with Crippen LogP contribution in [0.1, 0.15) is 17.2 Å². The number of alkyl halides is 1. The van der Waals surface area contributed by atoms with Crippen LogP contribution in [0.4, 0.5) is 0 Å². The number of hydrogen-bond donors (Lipinski definition) is 1. The van der Waals surface area contributed by atoms with Crippen molar-refractivity contribution < 1.29 is 8.42 Å². The van der Waals surface area contributed by atoms with Crippen LogP contribution in [0.25, 0.3) is 0 Å². The molecule has 2 aromatic carbocycles. The van der Waals surface area contributed by atoms with Crippen LogP contribution in [0.2, 0.25) is 5.02 Å². The van der Waals surface area contributed by atoms with Crippen molar-refractivity contribution in [2.45, 2.75) is 22.2 Å². The Morgan fingerprint density at radius 1 is 1.10 bits per heavy atom. The lowest BCUT2D eigenvalue weighted by atomic mass is 10.1. The zero-order valence-corrected chi connectivity index (χ0v) is 14.1. The fourth-order valence-corrected chi connectivity index (χ4v) is 5.29. The van der Waals surface area contributed by atoms with E-state index < -0.39 is 10.0 Å². The van der Waals surface area contributed by atoms with Gasteiger partial charge in [-0.15, -0.1) is 0 Å². The second-order valence-corrected chi connectivity index (χ2v) is 8.21. The summed E-state index contributed by atoms with van der Waals surface area (Å²) in [5, 5.41) is 0.224. The fourth-order valence-electron chi connectivity index (χ4n) is 2.58. The number of benzene rings is 2. The van der Waals surface area contributed by atoms with Crippen molar-refractivity contribution in [3.05, 3.63) is 64.7 Å². The first-order valence-electron chi connectivity index (χ1n) is 6.48. The number of fused-ring (bicyclic) bond motifs is 1. The third-order valence-electron chi connectivity index (χ3n) is 3.58. The zero-order chi connectivity index (χ0) is 15.0. The monoisotopic (exact) mass is 385 g/mol. The van der Waals surface area contributed by atoms with E-state index in [2.05, 4.69) is 20.7 Å². The molecule has 6 heteroatoms.